The van der Waals surface area contributed by atoms with Crippen LogP contribution < -0.4 is 5.32 Å². The fraction of sp³-hybridized carbons (Fsp3) is 0.273. The highest BCUT2D eigenvalue weighted by Gasteiger charge is 2.32. The van der Waals surface area contributed by atoms with Gasteiger partial charge in [0.05, 0.1) is 9.80 Å². The topological polar surface area (TPSA) is 46.2 Å². The molecule has 5 heteroatoms. The SMILES string of the molecule is CNC(C)C1=Cc2cc(Cl)ccc2S1(=O)=O. The second-order valence-electron chi connectivity index (χ2n) is 3.74. The molecule has 86 valence electrons. The van der Waals surface area contributed by atoms with Crippen LogP contribution in [0.15, 0.2) is 28.0 Å². The highest BCUT2D eigenvalue weighted by molar-refractivity contribution is 7.96. The third-order valence-corrected chi connectivity index (χ3v) is 5.01. The third kappa shape index (κ3) is 1.67. The fourth-order valence-corrected chi connectivity index (χ4v) is 3.71. The zero-order valence-electron chi connectivity index (χ0n) is 8.99. The first-order valence-electron chi connectivity index (χ1n) is 4.90. The van der Waals surface area contributed by atoms with E-state index in [1.165, 1.54) is 0 Å². The predicted molar refractivity (Wildman–Crippen MR) is 65.1 cm³/mol. The Balaban J connectivity index is 2.61. The number of benzene rings is 1. The first-order valence-corrected chi connectivity index (χ1v) is 6.76. The molecule has 2 rings (SSSR count). The average Bonchev–Trinajstić information content (AvgIpc) is 2.49. The fourth-order valence-electron chi connectivity index (χ4n) is 1.73. The van der Waals surface area contributed by atoms with E-state index in [1.54, 1.807) is 31.3 Å². The van der Waals surface area contributed by atoms with Gasteiger partial charge in [0.15, 0.2) is 0 Å². The normalized spacial score (nSPS) is 19.1. The van der Waals surface area contributed by atoms with Gasteiger partial charge in [-0.05, 0) is 43.8 Å². The van der Waals surface area contributed by atoms with Gasteiger partial charge in [0.1, 0.15) is 0 Å². The molecule has 1 heterocycles. The molecule has 1 N–H and O–H groups in total. The van der Waals surface area contributed by atoms with Crippen LogP contribution in [0.5, 0.6) is 0 Å². The average molecular weight is 258 g/mol. The summed E-state index contributed by atoms with van der Waals surface area (Å²) in [6.07, 6.45) is 1.68. The zero-order valence-corrected chi connectivity index (χ0v) is 10.6. The molecule has 0 fully saturated rings. The van der Waals surface area contributed by atoms with E-state index >= 15 is 0 Å². The first-order chi connectivity index (χ1) is 7.46. The van der Waals surface area contributed by atoms with Crippen molar-refractivity contribution in [2.45, 2.75) is 17.9 Å². The second-order valence-corrected chi connectivity index (χ2v) is 6.10. The Morgan fingerprint density at radius 3 is 2.69 bits per heavy atom. The summed E-state index contributed by atoms with van der Waals surface area (Å²) in [6.45, 7) is 1.82. The van der Waals surface area contributed by atoms with Gasteiger partial charge in [0.2, 0.25) is 9.84 Å². The van der Waals surface area contributed by atoms with E-state index in [2.05, 4.69) is 5.32 Å². The maximum Gasteiger partial charge on any atom is 0.204 e. The van der Waals surface area contributed by atoms with E-state index in [0.717, 1.165) is 0 Å². The number of likely N-dealkylation sites (N-methyl/N-ethyl adjacent to an activating group) is 1. The van der Waals surface area contributed by atoms with E-state index < -0.39 is 9.84 Å². The van der Waals surface area contributed by atoms with Gasteiger partial charge in [-0.15, -0.1) is 0 Å². The van der Waals surface area contributed by atoms with E-state index in [1.807, 2.05) is 6.92 Å². The number of sulfone groups is 1. The van der Waals surface area contributed by atoms with Gasteiger partial charge in [-0.1, -0.05) is 11.6 Å². The molecule has 1 aromatic rings. The molecular weight excluding hydrogens is 246 g/mol. The molecular formula is C11H12ClNO2S. The van der Waals surface area contributed by atoms with E-state index in [0.29, 0.717) is 20.4 Å². The molecule has 0 aliphatic carbocycles. The van der Waals surface area contributed by atoms with Gasteiger partial charge >= 0.3 is 0 Å². The lowest BCUT2D eigenvalue weighted by Crippen LogP contribution is -2.26. The molecule has 1 aliphatic rings. The standard InChI is InChI=1S/C11H12ClNO2S/c1-7(13-2)11-6-8-5-9(12)3-4-10(8)16(11,14)15/h3-7,13H,1-2H3. The Bertz CT molecular complexity index is 563. The quantitative estimate of drug-likeness (QED) is 0.882. The predicted octanol–water partition coefficient (Wildman–Crippen LogP) is 2.08. The highest BCUT2D eigenvalue weighted by atomic mass is 35.5. The first kappa shape index (κ1) is 11.6. The summed E-state index contributed by atoms with van der Waals surface area (Å²) in [5.41, 5.74) is 0.671. The van der Waals surface area contributed by atoms with E-state index in [-0.39, 0.29) is 6.04 Å². The van der Waals surface area contributed by atoms with Gasteiger partial charge < -0.3 is 5.32 Å². The number of hydrogen-bond acceptors (Lipinski definition) is 3. The summed E-state index contributed by atoms with van der Waals surface area (Å²) < 4.78 is 24.3. The molecule has 1 atom stereocenters. The van der Waals surface area contributed by atoms with Crippen molar-refractivity contribution in [1.29, 1.82) is 0 Å². The Hall–Kier alpha value is -0.840. The Kier molecular flexibility index (Phi) is 2.82. The molecule has 0 bridgehead atoms. The number of nitrogens with one attached hydrogen (secondary N) is 1. The van der Waals surface area contributed by atoms with E-state index in [4.69, 9.17) is 11.6 Å². The zero-order chi connectivity index (χ0) is 11.9. The Morgan fingerprint density at radius 2 is 2.06 bits per heavy atom. The van der Waals surface area contributed by atoms with Gasteiger partial charge in [0, 0.05) is 11.1 Å². The lowest BCUT2D eigenvalue weighted by Gasteiger charge is -2.11. The molecule has 0 amide bonds. The van der Waals surface area contributed by atoms with Crippen molar-refractivity contribution >= 4 is 27.5 Å². The van der Waals surface area contributed by atoms with Crippen molar-refractivity contribution in [2.75, 3.05) is 7.05 Å². The second kappa shape index (κ2) is 3.87. The van der Waals surface area contributed by atoms with Crippen molar-refractivity contribution in [1.82, 2.24) is 5.32 Å². The molecule has 0 saturated carbocycles. The summed E-state index contributed by atoms with van der Waals surface area (Å²) in [5, 5.41) is 3.48. The van der Waals surface area contributed by atoms with Crippen LogP contribution in [-0.2, 0) is 9.84 Å². The van der Waals surface area contributed by atoms with Crippen LogP contribution >= 0.6 is 11.6 Å². The third-order valence-electron chi connectivity index (χ3n) is 2.73. The highest BCUT2D eigenvalue weighted by Crippen LogP contribution is 2.35. The number of fused-ring (bicyclic) bond motifs is 1. The van der Waals surface area contributed by atoms with Crippen molar-refractivity contribution in [3.8, 4) is 0 Å². The lowest BCUT2D eigenvalue weighted by molar-refractivity contribution is 0.595. The van der Waals surface area contributed by atoms with Crippen LogP contribution in [0.2, 0.25) is 5.02 Å². The number of rotatable bonds is 2. The summed E-state index contributed by atoms with van der Waals surface area (Å²) >= 11 is 5.84. The Labute approximate surface area is 100 Å². The largest absolute Gasteiger partial charge is 0.313 e. The molecule has 0 spiro atoms. The smallest absolute Gasteiger partial charge is 0.204 e. The van der Waals surface area contributed by atoms with Gasteiger partial charge in [-0.25, -0.2) is 8.42 Å². The molecule has 1 aliphatic heterocycles. The van der Waals surface area contributed by atoms with Gasteiger partial charge in [-0.3, -0.25) is 0 Å². The minimum Gasteiger partial charge on any atom is -0.313 e. The number of halogens is 1. The van der Waals surface area contributed by atoms with Crippen LogP contribution in [0.4, 0.5) is 0 Å². The summed E-state index contributed by atoms with van der Waals surface area (Å²) in [4.78, 5) is 0.737. The molecule has 0 saturated heterocycles. The van der Waals surface area contributed by atoms with Gasteiger partial charge in [0.25, 0.3) is 0 Å². The molecule has 0 aromatic heterocycles. The molecule has 1 unspecified atom stereocenters. The van der Waals surface area contributed by atoms with Crippen LogP contribution in [0.1, 0.15) is 12.5 Å². The van der Waals surface area contributed by atoms with Crippen molar-refractivity contribution < 1.29 is 8.42 Å². The molecule has 16 heavy (non-hydrogen) atoms. The van der Waals surface area contributed by atoms with Crippen molar-refractivity contribution in [3.05, 3.63) is 33.7 Å². The summed E-state index contributed by atoms with van der Waals surface area (Å²) in [7, 11) is -1.60. The minimum atomic E-state index is -3.33. The van der Waals surface area contributed by atoms with Crippen molar-refractivity contribution in [3.63, 3.8) is 0 Å². The molecule has 1 aromatic carbocycles. The lowest BCUT2D eigenvalue weighted by atomic mass is 10.2. The number of hydrogen-bond donors (Lipinski definition) is 1. The summed E-state index contributed by atoms with van der Waals surface area (Å²) in [5.74, 6) is 0. The maximum absolute atomic E-state index is 12.1. The van der Waals surface area contributed by atoms with Gasteiger partial charge in [-0.2, -0.15) is 0 Å². The van der Waals surface area contributed by atoms with Crippen LogP contribution in [0.25, 0.3) is 6.08 Å². The monoisotopic (exact) mass is 257 g/mol. The summed E-state index contributed by atoms with van der Waals surface area (Å²) in [6, 6.07) is 4.62. The molecule has 3 nitrogen and oxygen atoms in total. The minimum absolute atomic E-state index is 0.198. The Morgan fingerprint density at radius 1 is 1.38 bits per heavy atom. The maximum atomic E-state index is 12.1. The van der Waals surface area contributed by atoms with Crippen molar-refractivity contribution in [2.24, 2.45) is 0 Å². The molecule has 0 radical (unpaired) electrons. The van der Waals surface area contributed by atoms with Crippen LogP contribution in [0.3, 0.4) is 0 Å². The van der Waals surface area contributed by atoms with Crippen LogP contribution in [-0.4, -0.2) is 21.5 Å². The van der Waals surface area contributed by atoms with Crippen LogP contribution in [0, 0.1) is 0 Å². The van der Waals surface area contributed by atoms with E-state index in [9.17, 15) is 8.42 Å².